The van der Waals surface area contributed by atoms with Crippen LogP contribution in [0.4, 0.5) is 5.13 Å². The monoisotopic (exact) mass is 186 g/mol. The highest BCUT2D eigenvalue weighted by Crippen LogP contribution is 2.21. The van der Waals surface area contributed by atoms with Gasteiger partial charge in [0, 0.05) is 5.38 Å². The smallest absolute Gasteiger partial charge is 0.184 e. The van der Waals surface area contributed by atoms with E-state index >= 15 is 0 Å². The fraction of sp³-hybridized carbons (Fsp3) is 0.625. The Morgan fingerprint density at radius 2 is 2.17 bits per heavy atom. The summed E-state index contributed by atoms with van der Waals surface area (Å²) in [5.41, 5.74) is 1.07. The highest BCUT2D eigenvalue weighted by Gasteiger charge is 2.05. The number of aromatic nitrogens is 1. The first kappa shape index (κ1) is 9.48. The molecule has 0 aliphatic carbocycles. The topological polar surface area (TPSA) is 45.1 Å². The van der Waals surface area contributed by atoms with Gasteiger partial charge in [0.2, 0.25) is 0 Å². The third kappa shape index (κ3) is 2.46. The molecule has 1 atom stereocenters. The molecule has 0 radical (unpaired) electrons. The number of aliphatic hydroxyl groups is 1. The van der Waals surface area contributed by atoms with Crippen molar-refractivity contribution in [3.05, 3.63) is 11.1 Å². The van der Waals surface area contributed by atoms with Gasteiger partial charge >= 0.3 is 0 Å². The second-order valence-corrected chi connectivity index (χ2v) is 3.91. The van der Waals surface area contributed by atoms with Crippen LogP contribution in [-0.4, -0.2) is 16.3 Å². The highest BCUT2D eigenvalue weighted by molar-refractivity contribution is 7.13. The van der Waals surface area contributed by atoms with E-state index in [1.165, 1.54) is 11.3 Å². The lowest BCUT2D eigenvalue weighted by Crippen LogP contribution is -2.12. The molecule has 0 saturated heterocycles. The van der Waals surface area contributed by atoms with Gasteiger partial charge in [0.25, 0.3) is 0 Å². The Morgan fingerprint density at radius 1 is 1.50 bits per heavy atom. The summed E-state index contributed by atoms with van der Waals surface area (Å²) in [6.07, 6.45) is -0.531. The fourth-order valence-corrected chi connectivity index (χ4v) is 1.75. The zero-order chi connectivity index (χ0) is 9.14. The first-order valence-electron chi connectivity index (χ1n) is 3.99. The predicted octanol–water partition coefficient (Wildman–Crippen LogP) is 2.02. The number of hydrogen-bond donors (Lipinski definition) is 2. The third-order valence-electron chi connectivity index (χ3n) is 1.45. The van der Waals surface area contributed by atoms with Crippen molar-refractivity contribution in [1.82, 2.24) is 4.98 Å². The van der Waals surface area contributed by atoms with Gasteiger partial charge in [-0.25, -0.2) is 4.98 Å². The molecule has 0 fully saturated rings. The molecule has 0 aliphatic heterocycles. The standard InChI is InChI=1S/C8H14N2OS/c1-5(2)7-4-12-8(10-7)9-6(3)11/h4-6,11H,1-3H3,(H,9,10). The Morgan fingerprint density at radius 3 is 2.58 bits per heavy atom. The van der Waals surface area contributed by atoms with Crippen molar-refractivity contribution in [2.24, 2.45) is 0 Å². The van der Waals surface area contributed by atoms with E-state index in [0.717, 1.165) is 10.8 Å². The van der Waals surface area contributed by atoms with Crippen molar-refractivity contribution >= 4 is 16.5 Å². The Balaban J connectivity index is 2.64. The van der Waals surface area contributed by atoms with Crippen LogP contribution in [0.2, 0.25) is 0 Å². The van der Waals surface area contributed by atoms with E-state index < -0.39 is 6.23 Å². The molecular formula is C8H14N2OS. The first-order chi connectivity index (χ1) is 5.59. The first-order valence-corrected chi connectivity index (χ1v) is 4.87. The second kappa shape index (κ2) is 3.87. The molecule has 1 heterocycles. The molecule has 0 aliphatic rings. The van der Waals surface area contributed by atoms with Crippen LogP contribution in [-0.2, 0) is 0 Å². The van der Waals surface area contributed by atoms with Crippen LogP contribution in [0.5, 0.6) is 0 Å². The minimum Gasteiger partial charge on any atom is -0.374 e. The lowest BCUT2D eigenvalue weighted by atomic mass is 10.2. The van der Waals surface area contributed by atoms with Crippen LogP contribution < -0.4 is 5.32 Å². The molecule has 0 bridgehead atoms. The number of nitrogens with one attached hydrogen (secondary N) is 1. The molecule has 4 heteroatoms. The van der Waals surface area contributed by atoms with E-state index in [9.17, 15) is 0 Å². The maximum Gasteiger partial charge on any atom is 0.184 e. The second-order valence-electron chi connectivity index (χ2n) is 3.05. The zero-order valence-corrected chi connectivity index (χ0v) is 8.35. The molecule has 0 amide bonds. The summed E-state index contributed by atoms with van der Waals surface area (Å²) in [5, 5.41) is 14.6. The maximum absolute atomic E-state index is 9.01. The van der Waals surface area contributed by atoms with E-state index in [4.69, 9.17) is 5.11 Å². The summed E-state index contributed by atoms with van der Waals surface area (Å²) in [6, 6.07) is 0. The molecule has 3 nitrogen and oxygen atoms in total. The number of rotatable bonds is 3. The SMILES string of the molecule is CC(O)Nc1nc(C(C)C)cs1. The number of anilines is 1. The molecule has 2 N–H and O–H groups in total. The molecule has 0 aromatic carbocycles. The Hall–Kier alpha value is -0.610. The lowest BCUT2D eigenvalue weighted by molar-refractivity contribution is 0.224. The lowest BCUT2D eigenvalue weighted by Gasteiger charge is -2.03. The molecule has 12 heavy (non-hydrogen) atoms. The maximum atomic E-state index is 9.01. The molecule has 1 aromatic heterocycles. The molecule has 1 rings (SSSR count). The van der Waals surface area contributed by atoms with Crippen LogP contribution in [0.15, 0.2) is 5.38 Å². The summed E-state index contributed by atoms with van der Waals surface area (Å²) in [5.74, 6) is 0.450. The van der Waals surface area contributed by atoms with Crippen molar-refractivity contribution in [1.29, 1.82) is 0 Å². The molecule has 68 valence electrons. The summed E-state index contributed by atoms with van der Waals surface area (Å²) < 4.78 is 0. The fourth-order valence-electron chi connectivity index (χ4n) is 0.796. The average Bonchev–Trinajstić information content (AvgIpc) is 2.34. The van der Waals surface area contributed by atoms with Crippen molar-refractivity contribution < 1.29 is 5.11 Å². The minimum absolute atomic E-state index is 0.450. The number of aliphatic hydroxyl groups excluding tert-OH is 1. The summed E-state index contributed by atoms with van der Waals surface area (Å²) >= 11 is 1.52. The van der Waals surface area contributed by atoms with Gasteiger partial charge in [-0.05, 0) is 12.8 Å². The van der Waals surface area contributed by atoms with Gasteiger partial charge in [-0.3, -0.25) is 0 Å². The average molecular weight is 186 g/mol. The van der Waals surface area contributed by atoms with Crippen molar-refractivity contribution in [3.63, 3.8) is 0 Å². The Labute approximate surface area is 76.5 Å². The number of nitrogens with zero attached hydrogens (tertiary/aromatic N) is 1. The largest absolute Gasteiger partial charge is 0.374 e. The molecule has 0 saturated carbocycles. The van der Waals surface area contributed by atoms with Gasteiger partial charge in [-0.1, -0.05) is 13.8 Å². The Kier molecular flexibility index (Phi) is 3.05. The molecular weight excluding hydrogens is 172 g/mol. The van der Waals surface area contributed by atoms with E-state index in [1.54, 1.807) is 6.92 Å². The zero-order valence-electron chi connectivity index (χ0n) is 7.53. The van der Waals surface area contributed by atoms with Crippen molar-refractivity contribution in [2.75, 3.05) is 5.32 Å². The van der Waals surface area contributed by atoms with E-state index in [1.807, 2.05) is 5.38 Å². The summed E-state index contributed by atoms with van der Waals surface area (Å²) in [4.78, 5) is 4.30. The van der Waals surface area contributed by atoms with Gasteiger partial charge in [0.15, 0.2) is 5.13 Å². The van der Waals surface area contributed by atoms with Crippen molar-refractivity contribution in [2.45, 2.75) is 32.9 Å². The van der Waals surface area contributed by atoms with Gasteiger partial charge < -0.3 is 10.4 Å². The molecule has 1 unspecified atom stereocenters. The normalized spacial score (nSPS) is 13.4. The van der Waals surface area contributed by atoms with Crippen molar-refractivity contribution in [3.8, 4) is 0 Å². The number of thiazole rings is 1. The van der Waals surface area contributed by atoms with Crippen LogP contribution >= 0.6 is 11.3 Å². The molecule has 0 spiro atoms. The van der Waals surface area contributed by atoms with E-state index in [2.05, 4.69) is 24.1 Å². The quantitative estimate of drug-likeness (QED) is 0.710. The van der Waals surface area contributed by atoms with Gasteiger partial charge in [0.05, 0.1) is 5.69 Å². The predicted molar refractivity (Wildman–Crippen MR) is 51.5 cm³/mol. The van der Waals surface area contributed by atoms with E-state index in [0.29, 0.717) is 5.92 Å². The summed E-state index contributed by atoms with van der Waals surface area (Å²) in [7, 11) is 0. The van der Waals surface area contributed by atoms with Gasteiger partial charge in [0.1, 0.15) is 6.23 Å². The van der Waals surface area contributed by atoms with Crippen LogP contribution in [0.25, 0.3) is 0 Å². The van der Waals surface area contributed by atoms with Gasteiger partial charge in [-0.2, -0.15) is 0 Å². The molecule has 1 aromatic rings. The number of hydrogen-bond acceptors (Lipinski definition) is 4. The summed E-state index contributed by atoms with van der Waals surface area (Å²) in [6.45, 7) is 5.87. The minimum atomic E-state index is -0.531. The Bertz CT molecular complexity index is 245. The van der Waals surface area contributed by atoms with E-state index in [-0.39, 0.29) is 0 Å². The third-order valence-corrected chi connectivity index (χ3v) is 2.24. The van der Waals surface area contributed by atoms with Crippen LogP contribution in [0.1, 0.15) is 32.4 Å². The van der Waals surface area contributed by atoms with Gasteiger partial charge in [-0.15, -0.1) is 11.3 Å². The van der Waals surface area contributed by atoms with Crippen LogP contribution in [0.3, 0.4) is 0 Å². The highest BCUT2D eigenvalue weighted by atomic mass is 32.1. The van der Waals surface area contributed by atoms with Crippen LogP contribution in [0, 0.1) is 0 Å².